The summed E-state index contributed by atoms with van der Waals surface area (Å²) in [6.07, 6.45) is 6.16. The summed E-state index contributed by atoms with van der Waals surface area (Å²) in [4.78, 5) is 4.75. The maximum Gasteiger partial charge on any atom is 0.130 e. The van der Waals surface area contributed by atoms with Gasteiger partial charge in [-0.1, -0.05) is 39.0 Å². The Kier molecular flexibility index (Phi) is 9.50. The molecule has 0 saturated carbocycles. The van der Waals surface area contributed by atoms with Crippen LogP contribution in [0.5, 0.6) is 5.75 Å². The second-order valence-electron chi connectivity index (χ2n) is 7.60. The molecule has 0 bridgehead atoms. The van der Waals surface area contributed by atoms with Crippen LogP contribution in [-0.4, -0.2) is 25.9 Å². The molecule has 1 heterocycles. The van der Waals surface area contributed by atoms with Gasteiger partial charge in [0, 0.05) is 0 Å². The summed E-state index contributed by atoms with van der Waals surface area (Å²) in [7, 11) is 0. The number of aliphatic hydroxyl groups is 3. The Morgan fingerprint density at radius 3 is 2.40 bits per heavy atom. The SMILES string of the molecule is CC/C(=C\CCC(O)(CC)CC)c1cccc(COc2ccc(CO)c(CO)c2)n1. The Labute approximate surface area is 180 Å². The molecular formula is C25H35NO4. The van der Waals surface area contributed by atoms with Crippen LogP contribution < -0.4 is 4.74 Å². The molecule has 5 nitrogen and oxygen atoms in total. The highest BCUT2D eigenvalue weighted by Crippen LogP contribution is 2.24. The van der Waals surface area contributed by atoms with Crippen molar-refractivity contribution >= 4 is 5.57 Å². The molecule has 30 heavy (non-hydrogen) atoms. The third kappa shape index (κ3) is 6.66. The fourth-order valence-corrected chi connectivity index (χ4v) is 3.44. The first-order valence-electron chi connectivity index (χ1n) is 10.8. The van der Waals surface area contributed by atoms with Crippen LogP contribution in [0.3, 0.4) is 0 Å². The molecule has 0 amide bonds. The lowest BCUT2D eigenvalue weighted by Crippen LogP contribution is -2.25. The van der Waals surface area contributed by atoms with Crippen LogP contribution in [0.15, 0.2) is 42.5 Å². The van der Waals surface area contributed by atoms with Gasteiger partial charge in [-0.15, -0.1) is 0 Å². The summed E-state index contributed by atoms with van der Waals surface area (Å²) in [6.45, 7) is 6.23. The van der Waals surface area contributed by atoms with Crippen LogP contribution in [0.2, 0.25) is 0 Å². The monoisotopic (exact) mass is 413 g/mol. The number of nitrogens with zero attached hydrogens (tertiary/aromatic N) is 1. The van der Waals surface area contributed by atoms with Gasteiger partial charge in [-0.25, -0.2) is 4.98 Å². The Morgan fingerprint density at radius 1 is 1.03 bits per heavy atom. The van der Waals surface area contributed by atoms with E-state index in [0.29, 0.717) is 23.5 Å². The summed E-state index contributed by atoms with van der Waals surface area (Å²) in [5, 5.41) is 29.2. The average Bonchev–Trinajstić information content (AvgIpc) is 2.80. The van der Waals surface area contributed by atoms with E-state index in [1.807, 2.05) is 32.0 Å². The molecule has 0 atom stereocenters. The first kappa shape index (κ1) is 24.1. The van der Waals surface area contributed by atoms with E-state index < -0.39 is 5.60 Å². The van der Waals surface area contributed by atoms with Crippen molar-refractivity contribution in [2.24, 2.45) is 0 Å². The third-order valence-electron chi connectivity index (χ3n) is 5.74. The van der Waals surface area contributed by atoms with E-state index in [0.717, 1.165) is 43.5 Å². The maximum atomic E-state index is 10.5. The van der Waals surface area contributed by atoms with E-state index in [2.05, 4.69) is 13.0 Å². The van der Waals surface area contributed by atoms with Crippen LogP contribution in [0.4, 0.5) is 0 Å². The van der Waals surface area contributed by atoms with Gasteiger partial charge in [0.25, 0.3) is 0 Å². The summed E-state index contributed by atoms with van der Waals surface area (Å²) >= 11 is 0. The molecular weight excluding hydrogens is 378 g/mol. The van der Waals surface area contributed by atoms with Crippen LogP contribution in [0, 0.1) is 0 Å². The minimum atomic E-state index is -0.586. The number of hydrogen-bond donors (Lipinski definition) is 3. The van der Waals surface area contributed by atoms with Crippen LogP contribution >= 0.6 is 0 Å². The number of rotatable bonds is 12. The van der Waals surface area contributed by atoms with E-state index >= 15 is 0 Å². The highest BCUT2D eigenvalue weighted by molar-refractivity contribution is 5.62. The molecule has 2 rings (SSSR count). The van der Waals surface area contributed by atoms with Crippen molar-refractivity contribution in [3.05, 3.63) is 65.0 Å². The van der Waals surface area contributed by atoms with Gasteiger partial charge in [-0.05, 0) is 73.1 Å². The molecule has 0 radical (unpaired) electrons. The summed E-state index contributed by atoms with van der Waals surface area (Å²) in [5.41, 5.74) is 3.69. The van der Waals surface area contributed by atoms with Crippen LogP contribution in [0.1, 0.15) is 75.4 Å². The van der Waals surface area contributed by atoms with Gasteiger partial charge in [0.2, 0.25) is 0 Å². The molecule has 0 fully saturated rings. The van der Waals surface area contributed by atoms with Crippen molar-refractivity contribution in [1.82, 2.24) is 4.98 Å². The molecule has 0 aliphatic heterocycles. The van der Waals surface area contributed by atoms with Crippen LogP contribution in [0.25, 0.3) is 5.57 Å². The molecule has 0 saturated heterocycles. The average molecular weight is 414 g/mol. The van der Waals surface area contributed by atoms with E-state index in [-0.39, 0.29) is 13.2 Å². The topological polar surface area (TPSA) is 82.8 Å². The number of pyridine rings is 1. The zero-order valence-electron chi connectivity index (χ0n) is 18.4. The van der Waals surface area contributed by atoms with Crippen molar-refractivity contribution in [1.29, 1.82) is 0 Å². The van der Waals surface area contributed by atoms with Crippen molar-refractivity contribution in [2.75, 3.05) is 0 Å². The molecule has 3 N–H and O–H groups in total. The number of benzene rings is 1. The molecule has 1 aromatic heterocycles. The van der Waals surface area contributed by atoms with Crippen molar-refractivity contribution < 1.29 is 20.1 Å². The van der Waals surface area contributed by atoms with Crippen molar-refractivity contribution in [3.8, 4) is 5.75 Å². The second-order valence-corrected chi connectivity index (χ2v) is 7.60. The minimum Gasteiger partial charge on any atom is -0.487 e. The third-order valence-corrected chi connectivity index (χ3v) is 5.74. The van der Waals surface area contributed by atoms with Gasteiger partial charge < -0.3 is 20.1 Å². The predicted octanol–water partition coefficient (Wildman–Crippen LogP) is 4.77. The highest BCUT2D eigenvalue weighted by atomic mass is 16.5. The lowest BCUT2D eigenvalue weighted by molar-refractivity contribution is 0.0246. The number of hydrogen-bond acceptors (Lipinski definition) is 5. The summed E-state index contributed by atoms with van der Waals surface area (Å²) in [5.74, 6) is 0.633. The van der Waals surface area contributed by atoms with Crippen molar-refractivity contribution in [3.63, 3.8) is 0 Å². The van der Waals surface area contributed by atoms with E-state index in [1.54, 1.807) is 18.2 Å². The Bertz CT molecular complexity index is 828. The quantitative estimate of drug-likeness (QED) is 0.467. The fourth-order valence-electron chi connectivity index (χ4n) is 3.44. The fraction of sp³-hybridized carbons (Fsp3) is 0.480. The van der Waals surface area contributed by atoms with Gasteiger partial charge in [0.05, 0.1) is 30.2 Å². The number of aromatic nitrogens is 1. The first-order chi connectivity index (χ1) is 14.5. The number of aliphatic hydroxyl groups excluding tert-OH is 2. The summed E-state index contributed by atoms with van der Waals surface area (Å²) in [6, 6.07) is 11.2. The number of ether oxygens (including phenoxy) is 1. The highest BCUT2D eigenvalue weighted by Gasteiger charge is 2.20. The Balaban J connectivity index is 2.06. The summed E-state index contributed by atoms with van der Waals surface area (Å²) < 4.78 is 5.85. The van der Waals surface area contributed by atoms with Gasteiger partial charge in [-0.2, -0.15) is 0 Å². The molecule has 0 spiro atoms. The largest absolute Gasteiger partial charge is 0.487 e. The van der Waals surface area contributed by atoms with Crippen LogP contribution in [-0.2, 0) is 19.8 Å². The second kappa shape index (κ2) is 11.8. The molecule has 1 aromatic carbocycles. The van der Waals surface area contributed by atoms with E-state index in [1.165, 1.54) is 5.57 Å². The Hall–Kier alpha value is -2.21. The van der Waals surface area contributed by atoms with E-state index in [9.17, 15) is 15.3 Å². The normalized spacial score (nSPS) is 12.3. The molecule has 0 aliphatic carbocycles. The van der Waals surface area contributed by atoms with Gasteiger partial charge in [0.15, 0.2) is 0 Å². The molecule has 0 unspecified atom stereocenters. The van der Waals surface area contributed by atoms with Gasteiger partial charge in [0.1, 0.15) is 12.4 Å². The zero-order chi connectivity index (χ0) is 22.0. The van der Waals surface area contributed by atoms with Crippen molar-refractivity contribution in [2.45, 2.75) is 78.3 Å². The first-order valence-corrected chi connectivity index (χ1v) is 10.8. The van der Waals surface area contributed by atoms with E-state index in [4.69, 9.17) is 9.72 Å². The lowest BCUT2D eigenvalue weighted by Gasteiger charge is -2.24. The standard InChI is InChI=1S/C25H35NO4/c1-4-19(9-8-14-25(29,5-2)6-3)24-11-7-10-22(26-24)18-30-23-13-12-20(16-27)21(15-23)17-28/h7,9-13,15,27-29H,4-6,8,14,16-18H2,1-3H3/b19-9+. The molecule has 0 aliphatic rings. The zero-order valence-corrected chi connectivity index (χ0v) is 18.4. The predicted molar refractivity (Wildman–Crippen MR) is 120 cm³/mol. The Morgan fingerprint density at radius 2 is 1.77 bits per heavy atom. The maximum absolute atomic E-state index is 10.5. The lowest BCUT2D eigenvalue weighted by atomic mass is 9.91. The minimum absolute atomic E-state index is 0.111. The molecule has 2 aromatic rings. The smallest absolute Gasteiger partial charge is 0.130 e. The van der Waals surface area contributed by atoms with Gasteiger partial charge in [-0.3, -0.25) is 0 Å². The number of allylic oxidation sites excluding steroid dienone is 2. The molecule has 5 heteroatoms. The molecule has 164 valence electrons. The van der Waals surface area contributed by atoms with Gasteiger partial charge >= 0.3 is 0 Å².